The number of hydrogen-bond donors (Lipinski definition) is 1. The first-order valence-electron chi connectivity index (χ1n) is 7.74. The van der Waals surface area contributed by atoms with Crippen LogP contribution in [0, 0.1) is 5.82 Å². The van der Waals surface area contributed by atoms with Crippen LogP contribution in [-0.2, 0) is 22.4 Å². The Kier molecular flexibility index (Phi) is 4.79. The molecule has 0 fully saturated rings. The molecule has 1 aliphatic carbocycles. The molecule has 3 rings (SSSR count). The summed E-state index contributed by atoms with van der Waals surface area (Å²) in [5.74, 6) is -1.44. The summed E-state index contributed by atoms with van der Waals surface area (Å²) in [7, 11) is 0. The average molecular weight is 356 g/mol. The highest BCUT2D eigenvalue weighted by Crippen LogP contribution is 2.38. The van der Waals surface area contributed by atoms with E-state index in [9.17, 15) is 18.8 Å². The predicted molar refractivity (Wildman–Crippen MR) is 97.1 cm³/mol. The summed E-state index contributed by atoms with van der Waals surface area (Å²) in [5, 5.41) is 9.71. The van der Waals surface area contributed by atoms with Gasteiger partial charge in [-0.1, -0.05) is 11.6 Å². The largest absolute Gasteiger partial charge is 0.612 e. The van der Waals surface area contributed by atoms with Gasteiger partial charge < -0.3 is 9.66 Å². The first-order chi connectivity index (χ1) is 11.9. The van der Waals surface area contributed by atoms with Crippen LogP contribution >= 0.6 is 0 Å². The number of halogens is 1. The molecule has 2 aromatic rings. The topological polar surface area (TPSA) is 60.4 Å². The second-order valence-corrected chi connectivity index (χ2v) is 7.40. The van der Waals surface area contributed by atoms with Crippen LogP contribution in [0.1, 0.15) is 23.6 Å². The number of carboxylic acids is 1. The van der Waals surface area contributed by atoms with Gasteiger partial charge in [0.2, 0.25) is 0 Å². The van der Waals surface area contributed by atoms with Crippen molar-refractivity contribution in [3.63, 3.8) is 0 Å². The highest BCUT2D eigenvalue weighted by Gasteiger charge is 2.25. The van der Waals surface area contributed by atoms with Crippen molar-refractivity contribution in [3.05, 3.63) is 76.1 Å². The molecule has 1 atom stereocenters. The number of fused-ring (bicyclic) bond motifs is 1. The number of carboxylic acid groups (broad SMARTS) is 1. The highest BCUT2D eigenvalue weighted by molar-refractivity contribution is 7.90. The normalized spacial score (nSPS) is 15.3. The van der Waals surface area contributed by atoms with Crippen molar-refractivity contribution in [1.29, 1.82) is 0 Å². The molecule has 0 aliphatic heterocycles. The van der Waals surface area contributed by atoms with Gasteiger partial charge in [0.1, 0.15) is 12.1 Å². The van der Waals surface area contributed by atoms with E-state index in [0.717, 1.165) is 11.1 Å². The molecule has 0 saturated carbocycles. The summed E-state index contributed by atoms with van der Waals surface area (Å²) in [6, 6.07) is 11.4. The number of aliphatic carboxylic acids is 1. The number of allylic oxidation sites excluding steroid dienone is 1. The van der Waals surface area contributed by atoms with Gasteiger partial charge in [-0.3, -0.25) is 0 Å². The van der Waals surface area contributed by atoms with Crippen LogP contribution in [0.15, 0.2) is 58.5 Å². The zero-order chi connectivity index (χ0) is 18.1. The van der Waals surface area contributed by atoms with Gasteiger partial charge in [0.15, 0.2) is 4.90 Å². The third kappa shape index (κ3) is 3.52. The molecule has 0 radical (unpaired) electrons. The molecule has 0 amide bonds. The molecular formula is C20H17FO3S. The molecule has 0 saturated heterocycles. The van der Waals surface area contributed by atoms with Crippen molar-refractivity contribution >= 4 is 28.8 Å². The Morgan fingerprint density at radius 3 is 2.52 bits per heavy atom. The Labute approximate surface area is 148 Å². The molecular weight excluding hydrogens is 339 g/mol. The third-order valence-electron chi connectivity index (χ3n) is 4.25. The second-order valence-electron chi connectivity index (χ2n) is 6.02. The highest BCUT2D eigenvalue weighted by atomic mass is 32.2. The van der Waals surface area contributed by atoms with Gasteiger partial charge in [0, 0.05) is 0 Å². The minimum atomic E-state index is -1.09. The Balaban J connectivity index is 2.07. The maximum Gasteiger partial charge on any atom is 0.336 e. The van der Waals surface area contributed by atoms with Crippen LogP contribution in [0.2, 0.25) is 0 Å². The Hall–Kier alpha value is -2.37. The minimum Gasteiger partial charge on any atom is -0.612 e. The first kappa shape index (κ1) is 17.5. The molecule has 0 spiro atoms. The van der Waals surface area contributed by atoms with Crippen LogP contribution in [0.3, 0.4) is 0 Å². The van der Waals surface area contributed by atoms with Gasteiger partial charge in [-0.25, -0.2) is 9.18 Å². The fraction of sp³-hybridized carbons (Fsp3) is 0.150. The molecule has 0 heterocycles. The van der Waals surface area contributed by atoms with Gasteiger partial charge in [-0.2, -0.15) is 0 Å². The van der Waals surface area contributed by atoms with E-state index in [2.05, 4.69) is 0 Å². The van der Waals surface area contributed by atoms with E-state index in [1.54, 1.807) is 42.7 Å². The van der Waals surface area contributed by atoms with Crippen LogP contribution in [0.25, 0.3) is 11.6 Å². The van der Waals surface area contributed by atoms with E-state index >= 15 is 0 Å². The molecule has 1 unspecified atom stereocenters. The van der Waals surface area contributed by atoms with Crippen LogP contribution in [0.4, 0.5) is 4.39 Å². The molecule has 1 N–H and O–H groups in total. The zero-order valence-corrected chi connectivity index (χ0v) is 14.7. The van der Waals surface area contributed by atoms with Gasteiger partial charge in [0.05, 0.1) is 5.57 Å². The maximum absolute atomic E-state index is 13.7. The summed E-state index contributed by atoms with van der Waals surface area (Å²) in [5.41, 5.74) is 3.87. The lowest BCUT2D eigenvalue weighted by Gasteiger charge is -2.09. The molecule has 2 aromatic carbocycles. The van der Waals surface area contributed by atoms with E-state index in [1.807, 2.05) is 6.92 Å². The molecule has 128 valence electrons. The van der Waals surface area contributed by atoms with Crippen molar-refractivity contribution in [2.24, 2.45) is 0 Å². The van der Waals surface area contributed by atoms with Crippen molar-refractivity contribution < 1.29 is 18.8 Å². The SMILES string of the molecule is CC1=C(/C(=C/c2ccc([S+](C)[O-])cc2)C(=O)O)c2cc(F)ccc2C1. The fourth-order valence-electron chi connectivity index (χ4n) is 3.08. The smallest absolute Gasteiger partial charge is 0.336 e. The van der Waals surface area contributed by atoms with Crippen molar-refractivity contribution in [2.45, 2.75) is 18.2 Å². The summed E-state index contributed by atoms with van der Waals surface area (Å²) < 4.78 is 25.1. The van der Waals surface area contributed by atoms with Gasteiger partial charge in [-0.05, 0) is 89.3 Å². The number of benzene rings is 2. The minimum absolute atomic E-state index is 0.132. The first-order valence-corrected chi connectivity index (χ1v) is 9.30. The predicted octanol–water partition coefficient (Wildman–Crippen LogP) is 4.06. The summed E-state index contributed by atoms with van der Waals surface area (Å²) in [4.78, 5) is 12.5. The molecule has 0 aromatic heterocycles. The van der Waals surface area contributed by atoms with Crippen LogP contribution in [-0.4, -0.2) is 21.9 Å². The van der Waals surface area contributed by atoms with Gasteiger partial charge in [0.25, 0.3) is 0 Å². The number of hydrogen-bond acceptors (Lipinski definition) is 2. The third-order valence-corrected chi connectivity index (χ3v) is 5.18. The molecule has 1 aliphatic rings. The van der Waals surface area contributed by atoms with Crippen molar-refractivity contribution in [2.75, 3.05) is 6.26 Å². The summed E-state index contributed by atoms with van der Waals surface area (Å²) in [6.45, 7) is 1.87. The van der Waals surface area contributed by atoms with Gasteiger partial charge >= 0.3 is 5.97 Å². The van der Waals surface area contributed by atoms with E-state index in [-0.39, 0.29) is 11.4 Å². The number of rotatable bonds is 4. The summed E-state index contributed by atoms with van der Waals surface area (Å²) in [6.07, 6.45) is 3.78. The van der Waals surface area contributed by atoms with E-state index in [4.69, 9.17) is 0 Å². The number of carbonyl (C=O) groups is 1. The lowest BCUT2D eigenvalue weighted by molar-refractivity contribution is -0.132. The van der Waals surface area contributed by atoms with E-state index in [0.29, 0.717) is 28.0 Å². The standard InChI is InChI=1S/C20H17FO3S/c1-12-9-14-5-6-15(21)11-17(14)19(12)18(20(22)23)10-13-3-7-16(8-4-13)25(2)24/h3-8,10-11H,9H2,1-2H3,(H,22,23)/b18-10-. The van der Waals surface area contributed by atoms with Gasteiger partial charge in [-0.15, -0.1) is 0 Å². The summed E-state index contributed by atoms with van der Waals surface area (Å²) >= 11 is -1.09. The Morgan fingerprint density at radius 1 is 1.24 bits per heavy atom. The quantitative estimate of drug-likeness (QED) is 0.664. The lowest BCUT2D eigenvalue weighted by Crippen LogP contribution is -2.04. The Bertz CT molecular complexity index is 896. The fourth-order valence-corrected chi connectivity index (χ4v) is 3.60. The molecule has 5 heteroatoms. The zero-order valence-electron chi connectivity index (χ0n) is 13.9. The van der Waals surface area contributed by atoms with E-state index < -0.39 is 17.1 Å². The second kappa shape index (κ2) is 6.86. The van der Waals surface area contributed by atoms with Crippen molar-refractivity contribution in [3.8, 4) is 0 Å². The molecule has 3 nitrogen and oxygen atoms in total. The monoisotopic (exact) mass is 356 g/mol. The van der Waals surface area contributed by atoms with Crippen molar-refractivity contribution in [1.82, 2.24) is 0 Å². The van der Waals surface area contributed by atoms with Crippen LogP contribution < -0.4 is 0 Å². The Morgan fingerprint density at radius 2 is 1.92 bits per heavy atom. The molecule has 0 bridgehead atoms. The lowest BCUT2D eigenvalue weighted by atomic mass is 9.95. The molecule has 25 heavy (non-hydrogen) atoms. The van der Waals surface area contributed by atoms with E-state index in [1.165, 1.54) is 12.1 Å². The van der Waals surface area contributed by atoms with Crippen LogP contribution in [0.5, 0.6) is 0 Å². The average Bonchev–Trinajstić information content (AvgIpc) is 2.88. The maximum atomic E-state index is 13.7.